The van der Waals surface area contributed by atoms with Crippen molar-refractivity contribution in [3.05, 3.63) is 35.1 Å². The van der Waals surface area contributed by atoms with Crippen molar-refractivity contribution < 1.29 is 4.79 Å². The van der Waals surface area contributed by atoms with Gasteiger partial charge in [-0.25, -0.2) is 0 Å². The molecular formula is C10H11N5OS. The molecule has 88 valence electrons. The Labute approximate surface area is 102 Å². The molecule has 0 aliphatic carbocycles. The highest BCUT2D eigenvalue weighted by molar-refractivity contribution is 7.15. The van der Waals surface area contributed by atoms with E-state index in [4.69, 9.17) is 5.73 Å². The number of hydrogen-bond acceptors (Lipinski definition) is 6. The number of hydrogen-bond donors (Lipinski definition) is 2. The molecule has 7 heteroatoms. The number of amides is 1. The monoisotopic (exact) mass is 249 g/mol. The smallest absolute Gasteiger partial charge is 0.257 e. The van der Waals surface area contributed by atoms with Gasteiger partial charge in [-0.2, -0.15) is 0 Å². The van der Waals surface area contributed by atoms with Crippen LogP contribution >= 0.6 is 11.3 Å². The number of pyridine rings is 1. The summed E-state index contributed by atoms with van der Waals surface area (Å²) < 4.78 is 0. The molecule has 17 heavy (non-hydrogen) atoms. The SMILES string of the molecule is NCCc1nnc(NC(=O)c2ccncc2)s1. The van der Waals surface area contributed by atoms with Crippen LogP contribution in [0.3, 0.4) is 0 Å². The number of aromatic nitrogens is 3. The van der Waals surface area contributed by atoms with Crippen LogP contribution in [0.1, 0.15) is 15.4 Å². The van der Waals surface area contributed by atoms with Gasteiger partial charge in [0.05, 0.1) is 0 Å². The summed E-state index contributed by atoms with van der Waals surface area (Å²) in [7, 11) is 0. The van der Waals surface area contributed by atoms with Gasteiger partial charge < -0.3 is 5.73 Å². The van der Waals surface area contributed by atoms with Crippen LogP contribution in [0, 0.1) is 0 Å². The van der Waals surface area contributed by atoms with Crippen molar-refractivity contribution in [2.45, 2.75) is 6.42 Å². The van der Waals surface area contributed by atoms with E-state index in [1.807, 2.05) is 0 Å². The Morgan fingerprint density at radius 2 is 2.12 bits per heavy atom. The van der Waals surface area contributed by atoms with Crippen molar-refractivity contribution in [1.82, 2.24) is 15.2 Å². The molecule has 0 bridgehead atoms. The van der Waals surface area contributed by atoms with Crippen LogP contribution in [0.2, 0.25) is 0 Å². The van der Waals surface area contributed by atoms with E-state index in [0.29, 0.717) is 23.7 Å². The molecule has 2 rings (SSSR count). The molecule has 1 amide bonds. The molecule has 2 aromatic heterocycles. The van der Waals surface area contributed by atoms with E-state index in [1.165, 1.54) is 11.3 Å². The van der Waals surface area contributed by atoms with Gasteiger partial charge in [-0.15, -0.1) is 10.2 Å². The largest absolute Gasteiger partial charge is 0.330 e. The van der Waals surface area contributed by atoms with E-state index in [2.05, 4.69) is 20.5 Å². The minimum Gasteiger partial charge on any atom is -0.330 e. The number of carbonyl (C=O) groups is 1. The quantitative estimate of drug-likeness (QED) is 0.831. The molecule has 0 unspecified atom stereocenters. The topological polar surface area (TPSA) is 93.8 Å². The molecular weight excluding hydrogens is 238 g/mol. The average Bonchev–Trinajstić information content (AvgIpc) is 2.78. The first-order chi connectivity index (χ1) is 8.29. The minimum absolute atomic E-state index is 0.220. The standard InChI is InChI=1S/C10H11N5OS/c11-4-1-8-14-15-10(17-8)13-9(16)7-2-5-12-6-3-7/h2-3,5-6H,1,4,11H2,(H,13,15,16). The van der Waals surface area contributed by atoms with Gasteiger partial charge in [0, 0.05) is 24.4 Å². The molecule has 0 fully saturated rings. The molecule has 3 N–H and O–H groups in total. The maximum absolute atomic E-state index is 11.8. The summed E-state index contributed by atoms with van der Waals surface area (Å²) in [5.41, 5.74) is 5.94. The van der Waals surface area contributed by atoms with Crippen LogP contribution in [0.15, 0.2) is 24.5 Å². The Balaban J connectivity index is 2.03. The first kappa shape index (κ1) is 11.6. The summed E-state index contributed by atoms with van der Waals surface area (Å²) in [6.07, 6.45) is 3.80. The lowest BCUT2D eigenvalue weighted by Crippen LogP contribution is -2.11. The minimum atomic E-state index is -0.220. The van der Waals surface area contributed by atoms with Crippen molar-refractivity contribution in [3.8, 4) is 0 Å². The summed E-state index contributed by atoms with van der Waals surface area (Å²) in [6.45, 7) is 0.521. The van der Waals surface area contributed by atoms with Gasteiger partial charge in [-0.05, 0) is 18.7 Å². The number of nitrogens with one attached hydrogen (secondary N) is 1. The van der Waals surface area contributed by atoms with Crippen molar-refractivity contribution >= 4 is 22.4 Å². The van der Waals surface area contributed by atoms with Gasteiger partial charge in [0.1, 0.15) is 5.01 Å². The van der Waals surface area contributed by atoms with Gasteiger partial charge in [0.15, 0.2) is 0 Å². The zero-order chi connectivity index (χ0) is 12.1. The fourth-order valence-electron chi connectivity index (χ4n) is 1.20. The van der Waals surface area contributed by atoms with Crippen molar-refractivity contribution in [3.63, 3.8) is 0 Å². The molecule has 0 aliphatic rings. The summed E-state index contributed by atoms with van der Waals surface area (Å²) in [6, 6.07) is 3.27. The van der Waals surface area contributed by atoms with E-state index < -0.39 is 0 Å². The summed E-state index contributed by atoms with van der Waals surface area (Å²) in [5.74, 6) is -0.220. The van der Waals surface area contributed by atoms with Crippen LogP contribution in [-0.4, -0.2) is 27.6 Å². The summed E-state index contributed by atoms with van der Waals surface area (Å²) >= 11 is 1.33. The lowest BCUT2D eigenvalue weighted by Gasteiger charge is -1.99. The fourth-order valence-corrected chi connectivity index (χ4v) is 1.95. The molecule has 0 saturated heterocycles. The Hall–Kier alpha value is -1.86. The molecule has 0 aromatic carbocycles. The van der Waals surface area contributed by atoms with Crippen LogP contribution in [-0.2, 0) is 6.42 Å². The van der Waals surface area contributed by atoms with E-state index in [-0.39, 0.29) is 5.91 Å². The zero-order valence-corrected chi connectivity index (χ0v) is 9.78. The lowest BCUT2D eigenvalue weighted by molar-refractivity contribution is 0.102. The van der Waals surface area contributed by atoms with Gasteiger partial charge >= 0.3 is 0 Å². The molecule has 0 spiro atoms. The van der Waals surface area contributed by atoms with Crippen molar-refractivity contribution in [2.24, 2.45) is 5.73 Å². The van der Waals surface area contributed by atoms with E-state index in [1.54, 1.807) is 24.5 Å². The van der Waals surface area contributed by atoms with Crippen LogP contribution < -0.4 is 11.1 Å². The third kappa shape index (κ3) is 3.05. The normalized spacial score (nSPS) is 10.2. The maximum Gasteiger partial charge on any atom is 0.257 e. The summed E-state index contributed by atoms with van der Waals surface area (Å²) in [5, 5.41) is 11.8. The second-order valence-corrected chi connectivity index (χ2v) is 4.29. The molecule has 6 nitrogen and oxygen atoms in total. The zero-order valence-electron chi connectivity index (χ0n) is 8.96. The predicted molar refractivity (Wildman–Crippen MR) is 64.9 cm³/mol. The summed E-state index contributed by atoms with van der Waals surface area (Å²) in [4.78, 5) is 15.6. The van der Waals surface area contributed by atoms with Crippen LogP contribution in [0.25, 0.3) is 0 Å². The van der Waals surface area contributed by atoms with Gasteiger partial charge in [0.2, 0.25) is 5.13 Å². The molecule has 0 radical (unpaired) electrons. The number of nitrogens with zero attached hydrogens (tertiary/aromatic N) is 3. The number of anilines is 1. The van der Waals surface area contributed by atoms with E-state index in [9.17, 15) is 4.79 Å². The Bertz CT molecular complexity index is 498. The molecule has 0 saturated carbocycles. The molecule has 2 aromatic rings. The van der Waals surface area contributed by atoms with Crippen LogP contribution in [0.4, 0.5) is 5.13 Å². The lowest BCUT2D eigenvalue weighted by atomic mass is 10.2. The highest BCUT2D eigenvalue weighted by atomic mass is 32.1. The third-order valence-corrected chi connectivity index (χ3v) is 2.89. The average molecular weight is 249 g/mol. The van der Waals surface area contributed by atoms with Crippen LogP contribution in [0.5, 0.6) is 0 Å². The highest BCUT2D eigenvalue weighted by Gasteiger charge is 2.09. The highest BCUT2D eigenvalue weighted by Crippen LogP contribution is 2.16. The molecule has 0 atom stereocenters. The van der Waals surface area contributed by atoms with E-state index >= 15 is 0 Å². The van der Waals surface area contributed by atoms with Gasteiger partial charge in [0.25, 0.3) is 5.91 Å². The number of nitrogens with two attached hydrogens (primary N) is 1. The molecule has 2 heterocycles. The predicted octanol–water partition coefficient (Wildman–Crippen LogP) is 0.687. The third-order valence-electron chi connectivity index (χ3n) is 1.99. The Kier molecular flexibility index (Phi) is 3.73. The van der Waals surface area contributed by atoms with Crippen molar-refractivity contribution in [2.75, 3.05) is 11.9 Å². The first-order valence-electron chi connectivity index (χ1n) is 5.03. The Morgan fingerprint density at radius 3 is 2.82 bits per heavy atom. The van der Waals surface area contributed by atoms with Gasteiger partial charge in [-0.3, -0.25) is 15.1 Å². The van der Waals surface area contributed by atoms with Crippen molar-refractivity contribution in [1.29, 1.82) is 0 Å². The number of rotatable bonds is 4. The first-order valence-corrected chi connectivity index (χ1v) is 5.85. The van der Waals surface area contributed by atoms with E-state index in [0.717, 1.165) is 5.01 Å². The Morgan fingerprint density at radius 1 is 1.35 bits per heavy atom. The second-order valence-electron chi connectivity index (χ2n) is 3.23. The maximum atomic E-state index is 11.8. The number of carbonyl (C=O) groups excluding carboxylic acids is 1. The second kappa shape index (κ2) is 5.46. The molecule has 0 aliphatic heterocycles. The fraction of sp³-hybridized carbons (Fsp3) is 0.200. The van der Waals surface area contributed by atoms with Gasteiger partial charge in [-0.1, -0.05) is 11.3 Å².